The van der Waals surface area contributed by atoms with Crippen molar-refractivity contribution in [2.45, 2.75) is 32.1 Å². The van der Waals surface area contributed by atoms with Crippen molar-refractivity contribution in [2.75, 3.05) is 14.2 Å². The molecule has 0 N–H and O–H groups in total. The van der Waals surface area contributed by atoms with E-state index in [1.165, 1.54) is 0 Å². The van der Waals surface area contributed by atoms with Crippen molar-refractivity contribution >= 4 is 17.7 Å². The zero-order chi connectivity index (χ0) is 16.8. The Morgan fingerprint density at radius 1 is 1.23 bits per heavy atom. The van der Waals surface area contributed by atoms with E-state index in [4.69, 9.17) is 0 Å². The van der Waals surface area contributed by atoms with Gasteiger partial charge in [0.1, 0.15) is 5.78 Å². The van der Waals surface area contributed by atoms with Crippen molar-refractivity contribution in [3.8, 4) is 12.1 Å². The average molecular weight is 306 g/mol. The van der Waals surface area contributed by atoms with Crippen molar-refractivity contribution < 1.29 is 23.9 Å². The van der Waals surface area contributed by atoms with Crippen LogP contribution in [0.3, 0.4) is 0 Å². The van der Waals surface area contributed by atoms with Gasteiger partial charge in [-0.2, -0.15) is 10.5 Å². The lowest BCUT2D eigenvalue weighted by atomic mass is 9.64. The molecule has 3 atom stereocenters. The molecular weight excluding hydrogens is 288 g/mol. The first-order valence-electron chi connectivity index (χ1n) is 6.99. The molecule has 1 aliphatic carbocycles. The summed E-state index contributed by atoms with van der Waals surface area (Å²) in [7, 11) is 2.11. The van der Waals surface area contributed by atoms with E-state index in [9.17, 15) is 24.9 Å². The lowest BCUT2D eigenvalue weighted by molar-refractivity contribution is -0.165. The minimum Gasteiger partial charge on any atom is -0.468 e. The summed E-state index contributed by atoms with van der Waals surface area (Å²) in [6.07, 6.45) is 2.56. The highest BCUT2D eigenvalue weighted by molar-refractivity contribution is 5.96. The quantitative estimate of drug-likeness (QED) is 0.564. The summed E-state index contributed by atoms with van der Waals surface area (Å²) in [6, 6.07) is 3.39. The zero-order valence-electron chi connectivity index (χ0n) is 12.6. The van der Waals surface area contributed by atoms with Crippen molar-refractivity contribution in [3.05, 3.63) is 0 Å². The Kier molecular flexibility index (Phi) is 6.06. The first-order valence-corrected chi connectivity index (χ1v) is 6.99. The number of hydrogen-bond acceptors (Lipinski definition) is 7. The van der Waals surface area contributed by atoms with Crippen molar-refractivity contribution in [3.63, 3.8) is 0 Å². The van der Waals surface area contributed by atoms with Crippen LogP contribution >= 0.6 is 0 Å². The van der Waals surface area contributed by atoms with Gasteiger partial charge >= 0.3 is 11.9 Å². The maximum atomic E-state index is 12.4. The third-order valence-electron chi connectivity index (χ3n) is 4.08. The number of esters is 2. The van der Waals surface area contributed by atoms with Gasteiger partial charge in [-0.3, -0.25) is 14.4 Å². The van der Waals surface area contributed by atoms with E-state index in [2.05, 4.69) is 9.47 Å². The van der Waals surface area contributed by atoms with Gasteiger partial charge in [0, 0.05) is 12.3 Å². The Hall–Kier alpha value is -2.41. The number of rotatable bonds is 4. The highest BCUT2D eigenvalue weighted by atomic mass is 16.5. The molecular formula is C15H18N2O5. The van der Waals surface area contributed by atoms with Crippen molar-refractivity contribution in [1.82, 2.24) is 0 Å². The smallest absolute Gasteiger partial charge is 0.328 e. The minimum atomic E-state index is -2.17. The van der Waals surface area contributed by atoms with Crippen LogP contribution in [0.25, 0.3) is 0 Å². The second-order valence-corrected chi connectivity index (χ2v) is 5.18. The van der Waals surface area contributed by atoms with Gasteiger partial charge < -0.3 is 9.47 Å². The van der Waals surface area contributed by atoms with Crippen LogP contribution < -0.4 is 0 Å². The second kappa shape index (κ2) is 7.56. The summed E-state index contributed by atoms with van der Waals surface area (Å²) in [4.78, 5) is 36.5. The van der Waals surface area contributed by atoms with E-state index in [-0.39, 0.29) is 18.6 Å². The van der Waals surface area contributed by atoms with E-state index in [0.717, 1.165) is 20.6 Å². The SMILES string of the molecule is COC(=O)[C@H](C#N)[C@@](C#N)(C(=O)OC)[C@@H]1CCCCCC1=O. The number of carbonyl (C=O) groups is 3. The summed E-state index contributed by atoms with van der Waals surface area (Å²) >= 11 is 0. The molecule has 0 aromatic rings. The first-order chi connectivity index (χ1) is 10.5. The lowest BCUT2D eigenvalue weighted by Crippen LogP contribution is -2.50. The molecule has 1 rings (SSSR count). The number of ketones is 1. The van der Waals surface area contributed by atoms with E-state index >= 15 is 0 Å². The van der Waals surface area contributed by atoms with E-state index in [1.54, 1.807) is 12.1 Å². The number of Topliss-reactive ketones (excluding diaryl/α,β-unsaturated/α-hetero) is 1. The highest BCUT2D eigenvalue weighted by Crippen LogP contribution is 2.43. The molecule has 0 spiro atoms. The average Bonchev–Trinajstić information content (AvgIpc) is 2.76. The summed E-state index contributed by atoms with van der Waals surface area (Å²) < 4.78 is 9.19. The number of carbonyl (C=O) groups excluding carboxylic acids is 3. The van der Waals surface area contributed by atoms with Gasteiger partial charge in [0.15, 0.2) is 11.3 Å². The molecule has 0 saturated heterocycles. The summed E-state index contributed by atoms with van der Waals surface area (Å²) in [5, 5.41) is 18.9. The van der Waals surface area contributed by atoms with Gasteiger partial charge in [-0.15, -0.1) is 0 Å². The Labute approximate surface area is 128 Å². The van der Waals surface area contributed by atoms with Gasteiger partial charge in [-0.25, -0.2) is 0 Å². The van der Waals surface area contributed by atoms with Crippen LogP contribution in [-0.4, -0.2) is 31.9 Å². The first kappa shape index (κ1) is 17.6. The Balaban J connectivity index is 3.47. The van der Waals surface area contributed by atoms with Crippen LogP contribution in [-0.2, 0) is 23.9 Å². The molecule has 0 heterocycles. The fourth-order valence-corrected chi connectivity index (χ4v) is 2.92. The van der Waals surface area contributed by atoms with Crippen LogP contribution in [0.4, 0.5) is 0 Å². The largest absolute Gasteiger partial charge is 0.468 e. The second-order valence-electron chi connectivity index (χ2n) is 5.18. The minimum absolute atomic E-state index is 0.213. The van der Waals surface area contributed by atoms with Crippen LogP contribution in [0, 0.1) is 39.9 Å². The predicted octanol–water partition coefficient (Wildman–Crippen LogP) is 1.13. The molecule has 1 aliphatic rings. The van der Waals surface area contributed by atoms with Gasteiger partial charge in [0.2, 0.25) is 0 Å². The Morgan fingerprint density at radius 2 is 1.91 bits per heavy atom. The molecule has 0 bridgehead atoms. The summed E-state index contributed by atoms with van der Waals surface area (Å²) in [5.74, 6) is -5.12. The monoisotopic (exact) mass is 306 g/mol. The molecule has 0 aromatic carbocycles. The number of nitrogens with zero attached hydrogens (tertiary/aromatic N) is 2. The molecule has 0 aliphatic heterocycles. The molecule has 7 nitrogen and oxygen atoms in total. The third kappa shape index (κ3) is 2.94. The number of methoxy groups -OCH3 is 2. The number of ether oxygens (including phenoxy) is 2. The summed E-state index contributed by atoms with van der Waals surface area (Å²) in [5.41, 5.74) is -2.17. The number of nitriles is 2. The molecule has 0 radical (unpaired) electrons. The van der Waals surface area contributed by atoms with Crippen LogP contribution in [0.15, 0.2) is 0 Å². The highest BCUT2D eigenvalue weighted by Gasteiger charge is 2.59. The van der Waals surface area contributed by atoms with Gasteiger partial charge in [-0.1, -0.05) is 12.8 Å². The fraction of sp³-hybridized carbons (Fsp3) is 0.667. The van der Waals surface area contributed by atoms with Crippen LogP contribution in [0.5, 0.6) is 0 Å². The van der Waals surface area contributed by atoms with Crippen molar-refractivity contribution in [1.29, 1.82) is 10.5 Å². The topological polar surface area (TPSA) is 117 Å². The molecule has 22 heavy (non-hydrogen) atoms. The fourth-order valence-electron chi connectivity index (χ4n) is 2.92. The van der Waals surface area contributed by atoms with Crippen molar-refractivity contribution in [2.24, 2.45) is 17.3 Å². The predicted molar refractivity (Wildman–Crippen MR) is 72.8 cm³/mol. The van der Waals surface area contributed by atoms with Crippen LogP contribution in [0.1, 0.15) is 32.1 Å². The third-order valence-corrected chi connectivity index (χ3v) is 4.08. The van der Waals surface area contributed by atoms with Crippen LogP contribution in [0.2, 0.25) is 0 Å². The normalized spacial score (nSPS) is 22.2. The molecule has 118 valence electrons. The maximum Gasteiger partial charge on any atom is 0.328 e. The summed E-state index contributed by atoms with van der Waals surface area (Å²) in [6.45, 7) is 0. The Morgan fingerprint density at radius 3 is 2.41 bits per heavy atom. The maximum absolute atomic E-state index is 12.4. The van der Waals surface area contributed by atoms with E-state index in [1.807, 2.05) is 0 Å². The van der Waals surface area contributed by atoms with Gasteiger partial charge in [-0.05, 0) is 12.8 Å². The molecule has 0 unspecified atom stereocenters. The van der Waals surface area contributed by atoms with Gasteiger partial charge in [0.05, 0.1) is 26.4 Å². The zero-order valence-corrected chi connectivity index (χ0v) is 12.6. The van der Waals surface area contributed by atoms with Gasteiger partial charge in [0.25, 0.3) is 0 Å². The van der Waals surface area contributed by atoms with E-state index in [0.29, 0.717) is 12.8 Å². The molecule has 0 amide bonds. The molecule has 7 heteroatoms. The molecule has 0 aromatic heterocycles. The standard InChI is InChI=1S/C15H18N2O5/c1-21-13(19)11(8-16)15(9-17,14(20)22-2)10-6-4-3-5-7-12(10)18/h10-11H,3-7H2,1-2H3/t10-,11+,15+/m1/s1. The lowest BCUT2D eigenvalue weighted by Gasteiger charge is -2.32. The number of hydrogen-bond donors (Lipinski definition) is 0. The Bertz CT molecular complexity index is 545. The molecule has 1 saturated carbocycles. The molecule has 1 fully saturated rings. The van der Waals surface area contributed by atoms with E-state index < -0.39 is 29.2 Å².